The fourth-order valence-corrected chi connectivity index (χ4v) is 3.06. The normalized spacial score (nSPS) is 10.4. The van der Waals surface area contributed by atoms with Crippen molar-refractivity contribution in [1.29, 1.82) is 0 Å². The van der Waals surface area contributed by atoms with Crippen molar-refractivity contribution in [2.45, 2.75) is 23.9 Å². The van der Waals surface area contributed by atoms with Crippen LogP contribution in [0.25, 0.3) is 11.3 Å². The molecule has 0 aliphatic rings. The second-order valence-corrected chi connectivity index (χ2v) is 6.39. The van der Waals surface area contributed by atoms with E-state index in [4.69, 9.17) is 0 Å². The maximum absolute atomic E-state index is 11.1. The highest BCUT2D eigenvalue weighted by Gasteiger charge is 2.06. The first kappa shape index (κ1) is 16.2. The molecule has 0 spiro atoms. The second-order valence-electron chi connectivity index (χ2n) is 5.35. The number of nitrogens with one attached hydrogen (secondary N) is 1. The Bertz CT molecular complexity index is 862. The summed E-state index contributed by atoms with van der Waals surface area (Å²) in [5.74, 6) is -0.0790. The highest BCUT2D eigenvalue weighted by Crippen LogP contribution is 2.28. The summed E-state index contributed by atoms with van der Waals surface area (Å²) in [6.45, 7) is 3.57. The SMILES string of the molecule is CC(=O)Nc1ccc(Sc2nccc(-c3ccccc3C)n2)cc1. The molecule has 0 aliphatic carbocycles. The van der Waals surface area contributed by atoms with Gasteiger partial charge in [-0.2, -0.15) is 0 Å². The predicted molar refractivity (Wildman–Crippen MR) is 97.1 cm³/mol. The number of hydrogen-bond donors (Lipinski definition) is 1. The van der Waals surface area contributed by atoms with Crippen molar-refractivity contribution in [3.63, 3.8) is 0 Å². The third-order valence-corrected chi connectivity index (χ3v) is 4.33. The van der Waals surface area contributed by atoms with Crippen LogP contribution in [0.4, 0.5) is 5.69 Å². The van der Waals surface area contributed by atoms with Crippen molar-refractivity contribution in [2.24, 2.45) is 0 Å². The smallest absolute Gasteiger partial charge is 0.221 e. The van der Waals surface area contributed by atoms with Gasteiger partial charge in [0.2, 0.25) is 5.91 Å². The molecule has 24 heavy (non-hydrogen) atoms. The summed E-state index contributed by atoms with van der Waals surface area (Å²) in [5, 5.41) is 3.45. The predicted octanol–water partition coefficient (Wildman–Crippen LogP) is 4.56. The van der Waals surface area contributed by atoms with E-state index in [0.29, 0.717) is 5.16 Å². The Hall–Kier alpha value is -2.66. The summed E-state index contributed by atoms with van der Waals surface area (Å²) in [6, 6.07) is 17.7. The molecule has 0 unspecified atom stereocenters. The molecule has 3 aromatic rings. The zero-order chi connectivity index (χ0) is 16.9. The van der Waals surface area contributed by atoms with Gasteiger partial charge < -0.3 is 5.32 Å². The summed E-state index contributed by atoms with van der Waals surface area (Å²) in [7, 11) is 0. The highest BCUT2D eigenvalue weighted by atomic mass is 32.2. The summed E-state index contributed by atoms with van der Waals surface area (Å²) in [5.41, 5.74) is 4.00. The minimum Gasteiger partial charge on any atom is -0.326 e. The number of anilines is 1. The highest BCUT2D eigenvalue weighted by molar-refractivity contribution is 7.99. The molecule has 0 saturated carbocycles. The van der Waals surface area contributed by atoms with Crippen LogP contribution in [-0.2, 0) is 4.79 Å². The van der Waals surface area contributed by atoms with Crippen molar-refractivity contribution >= 4 is 23.4 Å². The van der Waals surface area contributed by atoms with E-state index in [9.17, 15) is 4.79 Å². The molecule has 4 nitrogen and oxygen atoms in total. The van der Waals surface area contributed by atoms with Crippen molar-refractivity contribution in [1.82, 2.24) is 9.97 Å². The molecule has 1 N–H and O–H groups in total. The zero-order valence-corrected chi connectivity index (χ0v) is 14.3. The molecule has 3 rings (SSSR count). The third-order valence-electron chi connectivity index (χ3n) is 3.44. The van der Waals surface area contributed by atoms with Crippen LogP contribution in [0.5, 0.6) is 0 Å². The van der Waals surface area contributed by atoms with E-state index in [1.165, 1.54) is 24.2 Å². The largest absolute Gasteiger partial charge is 0.326 e. The summed E-state index contributed by atoms with van der Waals surface area (Å²) < 4.78 is 0. The van der Waals surface area contributed by atoms with E-state index < -0.39 is 0 Å². The number of carbonyl (C=O) groups is 1. The van der Waals surface area contributed by atoms with Gasteiger partial charge >= 0.3 is 0 Å². The zero-order valence-electron chi connectivity index (χ0n) is 13.5. The molecule has 1 amide bonds. The fourth-order valence-electron chi connectivity index (χ4n) is 2.32. The molecule has 0 bridgehead atoms. The van der Waals surface area contributed by atoms with Gasteiger partial charge in [-0.15, -0.1) is 0 Å². The minimum atomic E-state index is -0.0790. The molecular weight excluding hydrogens is 318 g/mol. The third kappa shape index (κ3) is 4.00. The molecule has 1 aromatic heterocycles. The number of benzene rings is 2. The first-order valence-electron chi connectivity index (χ1n) is 7.56. The maximum atomic E-state index is 11.1. The van der Waals surface area contributed by atoms with Gasteiger partial charge in [-0.1, -0.05) is 24.3 Å². The standard InChI is InChI=1S/C19H17N3OS/c1-13-5-3-4-6-17(13)18-11-12-20-19(22-18)24-16-9-7-15(8-10-16)21-14(2)23/h3-12H,1-2H3,(H,21,23). The molecule has 0 atom stereocenters. The van der Waals surface area contributed by atoms with Crippen LogP contribution < -0.4 is 5.32 Å². The van der Waals surface area contributed by atoms with E-state index >= 15 is 0 Å². The molecule has 0 saturated heterocycles. The van der Waals surface area contributed by atoms with E-state index in [1.54, 1.807) is 6.20 Å². The molecule has 5 heteroatoms. The van der Waals surface area contributed by atoms with Crippen molar-refractivity contribution < 1.29 is 4.79 Å². The van der Waals surface area contributed by atoms with Crippen LogP contribution in [0.15, 0.2) is 70.8 Å². The first-order chi connectivity index (χ1) is 11.6. The molecule has 2 aromatic carbocycles. The Morgan fingerprint density at radius 1 is 1.04 bits per heavy atom. The van der Waals surface area contributed by atoms with E-state index in [0.717, 1.165) is 21.8 Å². The Labute approximate surface area is 145 Å². The van der Waals surface area contributed by atoms with Gasteiger partial charge in [-0.3, -0.25) is 4.79 Å². The molecular formula is C19H17N3OS. The lowest BCUT2D eigenvalue weighted by Crippen LogP contribution is -2.05. The maximum Gasteiger partial charge on any atom is 0.221 e. The van der Waals surface area contributed by atoms with Gasteiger partial charge in [0.1, 0.15) is 0 Å². The Kier molecular flexibility index (Phi) is 4.91. The van der Waals surface area contributed by atoms with Crippen LogP contribution in [0.1, 0.15) is 12.5 Å². The summed E-state index contributed by atoms with van der Waals surface area (Å²) >= 11 is 1.49. The lowest BCUT2D eigenvalue weighted by Gasteiger charge is -2.07. The number of aryl methyl sites for hydroxylation is 1. The average Bonchev–Trinajstić information content (AvgIpc) is 2.57. The van der Waals surface area contributed by atoms with Crippen LogP contribution >= 0.6 is 11.8 Å². The van der Waals surface area contributed by atoms with E-state index in [-0.39, 0.29) is 5.91 Å². The monoisotopic (exact) mass is 335 g/mol. The van der Waals surface area contributed by atoms with Crippen LogP contribution in [0, 0.1) is 6.92 Å². The van der Waals surface area contributed by atoms with Crippen LogP contribution in [0.2, 0.25) is 0 Å². The fraction of sp³-hybridized carbons (Fsp3) is 0.105. The number of nitrogens with zero attached hydrogens (tertiary/aromatic N) is 2. The Morgan fingerprint density at radius 3 is 2.50 bits per heavy atom. The molecule has 1 heterocycles. The molecule has 120 valence electrons. The van der Waals surface area contributed by atoms with Crippen LogP contribution in [0.3, 0.4) is 0 Å². The minimum absolute atomic E-state index is 0.0790. The lowest BCUT2D eigenvalue weighted by molar-refractivity contribution is -0.114. The van der Waals surface area contributed by atoms with Gasteiger partial charge in [-0.25, -0.2) is 9.97 Å². The summed E-state index contributed by atoms with van der Waals surface area (Å²) in [6.07, 6.45) is 1.78. The number of hydrogen-bond acceptors (Lipinski definition) is 4. The van der Waals surface area contributed by atoms with E-state index in [2.05, 4.69) is 34.3 Å². The van der Waals surface area contributed by atoms with Gasteiger partial charge in [0, 0.05) is 29.3 Å². The van der Waals surface area contributed by atoms with Crippen molar-refractivity contribution in [3.8, 4) is 11.3 Å². The number of amides is 1. The molecule has 0 aliphatic heterocycles. The Balaban J connectivity index is 1.80. The second kappa shape index (κ2) is 7.27. The lowest BCUT2D eigenvalue weighted by atomic mass is 10.1. The van der Waals surface area contributed by atoms with Crippen LogP contribution in [-0.4, -0.2) is 15.9 Å². The van der Waals surface area contributed by atoms with Gasteiger partial charge in [-0.05, 0) is 54.6 Å². The van der Waals surface area contributed by atoms with Crippen molar-refractivity contribution in [3.05, 3.63) is 66.4 Å². The number of carbonyl (C=O) groups excluding carboxylic acids is 1. The molecule has 0 radical (unpaired) electrons. The van der Waals surface area contributed by atoms with Crippen molar-refractivity contribution in [2.75, 3.05) is 5.32 Å². The molecule has 0 fully saturated rings. The number of aromatic nitrogens is 2. The number of rotatable bonds is 4. The summed E-state index contributed by atoms with van der Waals surface area (Å²) in [4.78, 5) is 21.1. The average molecular weight is 335 g/mol. The van der Waals surface area contributed by atoms with Gasteiger partial charge in [0.25, 0.3) is 0 Å². The first-order valence-corrected chi connectivity index (χ1v) is 8.38. The quantitative estimate of drug-likeness (QED) is 0.710. The van der Waals surface area contributed by atoms with Gasteiger partial charge in [0.15, 0.2) is 5.16 Å². The van der Waals surface area contributed by atoms with E-state index in [1.807, 2.05) is 42.5 Å². The Morgan fingerprint density at radius 2 is 1.79 bits per heavy atom. The topological polar surface area (TPSA) is 54.9 Å². The van der Waals surface area contributed by atoms with Gasteiger partial charge in [0.05, 0.1) is 5.69 Å².